The lowest BCUT2D eigenvalue weighted by Gasteiger charge is -2.58. The predicted molar refractivity (Wildman–Crippen MR) is 89.9 cm³/mol. The van der Waals surface area contributed by atoms with Gasteiger partial charge in [-0.3, -0.25) is 4.79 Å². The van der Waals surface area contributed by atoms with Crippen LogP contribution in [0.2, 0.25) is 0 Å². The van der Waals surface area contributed by atoms with Gasteiger partial charge in [-0.25, -0.2) is 4.79 Å². The lowest BCUT2D eigenvalue weighted by molar-refractivity contribution is -0.197. The van der Waals surface area contributed by atoms with Crippen molar-refractivity contribution in [1.29, 1.82) is 0 Å². The van der Waals surface area contributed by atoms with Crippen molar-refractivity contribution in [2.75, 3.05) is 13.2 Å². The average Bonchev–Trinajstić information content (AvgIpc) is 3.13. The Balaban J connectivity index is 1.50. The summed E-state index contributed by atoms with van der Waals surface area (Å²) < 4.78 is 16.6. The van der Waals surface area contributed by atoms with Crippen LogP contribution in [0.4, 0.5) is 0 Å². The molecule has 2 saturated heterocycles. The minimum Gasteiger partial charge on any atom is -0.458 e. The standard InChI is InChI=1S/C20H26O6/c1-11-3-6-19-14(18(11,2)5-4-12-7-15(22)24-9-12)8-13(21)16-20(19,26-16)10-25-17(19)23/h7,11,14,16-17,23H,3-6,8-10H2,1-2H3/t11-,14-,16-,17-,18+,19+,20-/m0/s1. The van der Waals surface area contributed by atoms with Gasteiger partial charge in [0, 0.05) is 12.5 Å². The number of ether oxygens (including phenoxy) is 3. The number of esters is 1. The van der Waals surface area contributed by atoms with E-state index in [2.05, 4.69) is 13.8 Å². The molecule has 1 N–H and O–H groups in total. The Morgan fingerprint density at radius 2 is 2.15 bits per heavy atom. The maximum absolute atomic E-state index is 12.7. The normalized spacial score (nSPS) is 52.0. The SMILES string of the molecule is C[C@H]1CC[C@@]23[C@@H](O)OC[C@@]24O[C@H]4C(=O)C[C@H]3[C@]1(C)CCC1=CC(=O)OC1. The fourth-order valence-corrected chi connectivity index (χ4v) is 6.49. The number of ketones is 1. The van der Waals surface area contributed by atoms with Crippen molar-refractivity contribution in [3.8, 4) is 0 Å². The Kier molecular flexibility index (Phi) is 3.36. The highest BCUT2D eigenvalue weighted by Crippen LogP contribution is 2.73. The van der Waals surface area contributed by atoms with Gasteiger partial charge in [-0.2, -0.15) is 0 Å². The number of aliphatic hydroxyl groups excluding tert-OH is 1. The molecule has 0 bridgehead atoms. The lowest BCUT2D eigenvalue weighted by atomic mass is 9.44. The summed E-state index contributed by atoms with van der Waals surface area (Å²) >= 11 is 0. The van der Waals surface area contributed by atoms with Gasteiger partial charge in [0.05, 0.1) is 12.0 Å². The Morgan fingerprint density at radius 3 is 2.88 bits per heavy atom. The van der Waals surface area contributed by atoms with Gasteiger partial charge >= 0.3 is 5.97 Å². The Morgan fingerprint density at radius 1 is 1.35 bits per heavy atom. The second-order valence-electron chi connectivity index (χ2n) is 9.17. The van der Waals surface area contributed by atoms with Gasteiger partial charge in [0.15, 0.2) is 12.1 Å². The van der Waals surface area contributed by atoms with E-state index in [-0.39, 0.29) is 23.1 Å². The Labute approximate surface area is 152 Å². The van der Waals surface area contributed by atoms with Crippen LogP contribution in [0.5, 0.6) is 0 Å². The first-order chi connectivity index (χ1) is 12.3. The molecule has 6 nitrogen and oxygen atoms in total. The quantitative estimate of drug-likeness (QED) is 0.608. The lowest BCUT2D eigenvalue weighted by Crippen LogP contribution is -2.62. The maximum Gasteiger partial charge on any atom is 0.331 e. The van der Waals surface area contributed by atoms with Crippen LogP contribution in [0.25, 0.3) is 0 Å². The molecule has 0 radical (unpaired) electrons. The third kappa shape index (κ3) is 1.88. The summed E-state index contributed by atoms with van der Waals surface area (Å²) in [5, 5.41) is 10.8. The first-order valence-corrected chi connectivity index (χ1v) is 9.70. The van der Waals surface area contributed by atoms with Crippen molar-refractivity contribution < 1.29 is 28.9 Å². The zero-order valence-corrected chi connectivity index (χ0v) is 15.3. The fraction of sp³-hybridized carbons (Fsp3) is 0.800. The molecule has 6 heteroatoms. The predicted octanol–water partition coefficient (Wildman–Crippen LogP) is 1.75. The van der Waals surface area contributed by atoms with Crippen molar-refractivity contribution in [2.24, 2.45) is 22.7 Å². The molecule has 26 heavy (non-hydrogen) atoms. The fourth-order valence-electron chi connectivity index (χ4n) is 6.49. The number of hydrogen-bond acceptors (Lipinski definition) is 6. The van der Waals surface area contributed by atoms with Crippen LogP contribution in [0, 0.1) is 22.7 Å². The zero-order valence-electron chi connectivity index (χ0n) is 15.3. The summed E-state index contributed by atoms with van der Waals surface area (Å²) in [4.78, 5) is 24.0. The molecule has 7 atom stereocenters. The number of epoxide rings is 1. The summed E-state index contributed by atoms with van der Waals surface area (Å²) in [6.45, 7) is 5.19. The van der Waals surface area contributed by atoms with E-state index in [0.29, 0.717) is 25.6 Å². The largest absolute Gasteiger partial charge is 0.458 e. The Bertz CT molecular complexity index is 715. The number of rotatable bonds is 3. The van der Waals surface area contributed by atoms with E-state index < -0.39 is 23.4 Å². The third-order valence-electron chi connectivity index (χ3n) is 8.32. The van der Waals surface area contributed by atoms with Crippen LogP contribution in [0.15, 0.2) is 11.6 Å². The molecular formula is C20H26O6. The van der Waals surface area contributed by atoms with Crippen molar-refractivity contribution in [1.82, 2.24) is 0 Å². The van der Waals surface area contributed by atoms with Gasteiger partial charge < -0.3 is 19.3 Å². The number of carbonyl (C=O) groups is 2. The summed E-state index contributed by atoms with van der Waals surface area (Å²) in [5.74, 6) is 0.340. The molecule has 2 aliphatic carbocycles. The van der Waals surface area contributed by atoms with E-state index in [1.165, 1.54) is 0 Å². The van der Waals surface area contributed by atoms with Gasteiger partial charge in [0.2, 0.25) is 0 Å². The second-order valence-corrected chi connectivity index (χ2v) is 9.17. The van der Waals surface area contributed by atoms with Crippen molar-refractivity contribution in [3.63, 3.8) is 0 Å². The van der Waals surface area contributed by atoms with Gasteiger partial charge in [-0.15, -0.1) is 0 Å². The molecule has 3 aliphatic heterocycles. The van der Waals surface area contributed by atoms with Crippen LogP contribution >= 0.6 is 0 Å². The van der Waals surface area contributed by atoms with Crippen LogP contribution in [0.1, 0.15) is 46.0 Å². The van der Waals surface area contributed by atoms with Gasteiger partial charge in [0.1, 0.15) is 18.3 Å². The van der Waals surface area contributed by atoms with E-state index in [4.69, 9.17) is 14.2 Å². The minimum absolute atomic E-state index is 0.0288. The smallest absolute Gasteiger partial charge is 0.331 e. The van der Waals surface area contributed by atoms with Crippen LogP contribution in [-0.4, -0.2) is 48.1 Å². The first-order valence-electron chi connectivity index (χ1n) is 9.70. The molecule has 5 aliphatic rings. The molecule has 2 spiro atoms. The molecule has 4 fully saturated rings. The topological polar surface area (TPSA) is 85.4 Å². The molecule has 0 aromatic rings. The maximum atomic E-state index is 12.7. The van der Waals surface area contributed by atoms with E-state index in [1.807, 2.05) is 0 Å². The van der Waals surface area contributed by atoms with Gasteiger partial charge in [0.25, 0.3) is 0 Å². The first kappa shape index (κ1) is 16.9. The highest BCUT2D eigenvalue weighted by molar-refractivity contribution is 5.89. The van der Waals surface area contributed by atoms with E-state index in [9.17, 15) is 14.7 Å². The van der Waals surface area contributed by atoms with Gasteiger partial charge in [-0.05, 0) is 48.5 Å². The Hall–Kier alpha value is -1.24. The van der Waals surface area contributed by atoms with Crippen molar-refractivity contribution in [2.45, 2.75) is 63.9 Å². The number of Topliss-reactive ketones (excluding diaryl/α,β-unsaturated/α-hetero) is 1. The second kappa shape index (κ2) is 5.18. The molecule has 3 heterocycles. The summed E-state index contributed by atoms with van der Waals surface area (Å²) in [6, 6.07) is 0. The molecule has 2 saturated carbocycles. The zero-order chi connectivity index (χ0) is 18.3. The van der Waals surface area contributed by atoms with E-state index in [1.54, 1.807) is 6.08 Å². The summed E-state index contributed by atoms with van der Waals surface area (Å²) in [7, 11) is 0. The van der Waals surface area contributed by atoms with E-state index in [0.717, 1.165) is 31.3 Å². The van der Waals surface area contributed by atoms with Gasteiger partial charge in [-0.1, -0.05) is 13.8 Å². The van der Waals surface area contributed by atoms with E-state index >= 15 is 0 Å². The van der Waals surface area contributed by atoms with Crippen LogP contribution < -0.4 is 0 Å². The molecule has 0 unspecified atom stereocenters. The average molecular weight is 362 g/mol. The molecule has 0 aromatic heterocycles. The number of cyclic esters (lactones) is 1. The molecule has 142 valence electrons. The summed E-state index contributed by atoms with van der Waals surface area (Å²) in [6.07, 6.45) is 4.24. The summed E-state index contributed by atoms with van der Waals surface area (Å²) in [5.41, 5.74) is -0.203. The number of carbonyl (C=O) groups excluding carboxylic acids is 2. The number of hydrogen-bond donors (Lipinski definition) is 1. The highest BCUT2D eigenvalue weighted by atomic mass is 16.7. The highest BCUT2D eigenvalue weighted by Gasteiger charge is 2.83. The van der Waals surface area contributed by atoms with Crippen LogP contribution in [-0.2, 0) is 23.8 Å². The molecule has 0 amide bonds. The molecular weight excluding hydrogens is 336 g/mol. The third-order valence-corrected chi connectivity index (χ3v) is 8.32. The van der Waals surface area contributed by atoms with Crippen molar-refractivity contribution in [3.05, 3.63) is 11.6 Å². The monoisotopic (exact) mass is 362 g/mol. The minimum atomic E-state index is -0.868. The number of aliphatic hydroxyl groups is 1. The van der Waals surface area contributed by atoms with Crippen LogP contribution in [0.3, 0.4) is 0 Å². The molecule has 5 rings (SSSR count). The molecule has 0 aromatic carbocycles. The van der Waals surface area contributed by atoms with Crippen molar-refractivity contribution >= 4 is 11.8 Å².